The lowest BCUT2D eigenvalue weighted by molar-refractivity contribution is 0.102. The first-order chi connectivity index (χ1) is 17.3. The van der Waals surface area contributed by atoms with Crippen molar-refractivity contribution in [2.75, 3.05) is 5.32 Å². The molecule has 0 aliphatic rings. The number of rotatable bonds is 6. The predicted molar refractivity (Wildman–Crippen MR) is 148 cm³/mol. The van der Waals surface area contributed by atoms with Crippen LogP contribution in [0.25, 0.3) is 10.9 Å². The highest BCUT2D eigenvalue weighted by Crippen LogP contribution is 2.28. The van der Waals surface area contributed by atoms with E-state index in [2.05, 4.69) is 41.0 Å². The molecule has 182 valence electrons. The van der Waals surface area contributed by atoms with Crippen LogP contribution in [0.2, 0.25) is 15.1 Å². The molecule has 2 heterocycles. The number of nitrogens with zero attached hydrogens (tertiary/aromatic N) is 3. The topological polar surface area (TPSA) is 51.9 Å². The molecule has 2 aromatic heterocycles. The summed E-state index contributed by atoms with van der Waals surface area (Å²) in [5.74, 6) is 0.0304. The molecular formula is C28H23Cl3N4O. The molecule has 0 radical (unpaired) electrons. The molecule has 0 bridgehead atoms. The number of aryl methyl sites for hydroxylation is 1. The Morgan fingerprint density at radius 1 is 0.861 bits per heavy atom. The number of benzene rings is 3. The number of hydrogen-bond donors (Lipinski definition) is 1. The minimum absolute atomic E-state index is 0.272. The van der Waals surface area contributed by atoms with E-state index in [1.54, 1.807) is 23.0 Å². The predicted octanol–water partition coefficient (Wildman–Crippen LogP) is 7.76. The molecule has 0 atom stereocenters. The van der Waals surface area contributed by atoms with Crippen LogP contribution in [0.1, 0.15) is 32.7 Å². The lowest BCUT2D eigenvalue weighted by Gasteiger charge is -2.09. The summed E-state index contributed by atoms with van der Waals surface area (Å²) in [6.45, 7) is 5.40. The number of hydrogen-bond acceptors (Lipinski definition) is 2. The van der Waals surface area contributed by atoms with Gasteiger partial charge in [-0.15, -0.1) is 0 Å². The Bertz CT molecular complexity index is 1590. The maximum absolute atomic E-state index is 13.1. The van der Waals surface area contributed by atoms with Crippen molar-refractivity contribution >= 4 is 57.4 Å². The van der Waals surface area contributed by atoms with Gasteiger partial charge in [0.25, 0.3) is 5.91 Å². The molecule has 0 fully saturated rings. The monoisotopic (exact) mass is 536 g/mol. The Hall–Kier alpha value is -3.25. The average molecular weight is 538 g/mol. The van der Waals surface area contributed by atoms with Gasteiger partial charge in [-0.3, -0.25) is 9.48 Å². The first-order valence-electron chi connectivity index (χ1n) is 11.4. The lowest BCUT2D eigenvalue weighted by atomic mass is 10.1. The zero-order valence-electron chi connectivity index (χ0n) is 19.7. The molecule has 1 amide bonds. The van der Waals surface area contributed by atoms with Crippen molar-refractivity contribution in [3.63, 3.8) is 0 Å². The molecular weight excluding hydrogens is 515 g/mol. The summed E-state index contributed by atoms with van der Waals surface area (Å²) in [5, 5.41) is 9.64. The standard InChI is InChI=1S/C28H23Cl3N4O/c1-17-18(2)35(15-19-6-4-3-5-7-19)26-11-9-21(13-22(17)26)28(36)32-27-25(31)16-34(33-27)14-20-8-10-23(29)24(30)12-20/h3-13,16H,14-15H2,1-2H3,(H,32,33,36). The van der Waals surface area contributed by atoms with Crippen molar-refractivity contribution < 1.29 is 4.79 Å². The Balaban J connectivity index is 1.37. The highest BCUT2D eigenvalue weighted by atomic mass is 35.5. The number of halogens is 3. The van der Waals surface area contributed by atoms with Crippen LogP contribution in [0.5, 0.6) is 0 Å². The second-order valence-electron chi connectivity index (χ2n) is 8.74. The van der Waals surface area contributed by atoms with E-state index in [4.69, 9.17) is 34.8 Å². The normalized spacial score (nSPS) is 11.2. The third-order valence-electron chi connectivity index (χ3n) is 6.36. The van der Waals surface area contributed by atoms with Gasteiger partial charge in [-0.2, -0.15) is 5.10 Å². The molecule has 0 aliphatic heterocycles. The van der Waals surface area contributed by atoms with Crippen LogP contribution < -0.4 is 5.32 Å². The SMILES string of the molecule is Cc1c(C)n(Cc2ccccc2)c2ccc(C(=O)Nc3nn(Cc4ccc(Cl)c(Cl)c4)cc3Cl)cc12. The van der Waals surface area contributed by atoms with Crippen LogP contribution in [0, 0.1) is 13.8 Å². The van der Waals surface area contributed by atoms with Crippen molar-refractivity contribution in [1.29, 1.82) is 0 Å². The number of carbonyl (C=O) groups excluding carboxylic acids is 1. The molecule has 1 N–H and O–H groups in total. The van der Waals surface area contributed by atoms with E-state index in [0.717, 1.165) is 28.6 Å². The van der Waals surface area contributed by atoms with E-state index in [9.17, 15) is 4.79 Å². The second kappa shape index (κ2) is 10.0. The number of anilines is 1. The third-order valence-corrected chi connectivity index (χ3v) is 7.38. The number of nitrogens with one attached hydrogen (secondary N) is 1. The Labute approximate surface area is 224 Å². The zero-order chi connectivity index (χ0) is 25.4. The van der Waals surface area contributed by atoms with Crippen molar-refractivity contribution in [3.05, 3.63) is 116 Å². The van der Waals surface area contributed by atoms with Gasteiger partial charge >= 0.3 is 0 Å². The Kier molecular flexibility index (Phi) is 6.80. The average Bonchev–Trinajstić information content (AvgIpc) is 3.33. The molecule has 0 aliphatic carbocycles. The molecule has 0 spiro atoms. The second-order valence-corrected chi connectivity index (χ2v) is 9.96. The van der Waals surface area contributed by atoms with Gasteiger partial charge in [0.15, 0.2) is 5.82 Å². The molecule has 5 aromatic rings. The summed E-state index contributed by atoms with van der Waals surface area (Å²) < 4.78 is 3.93. The summed E-state index contributed by atoms with van der Waals surface area (Å²) in [7, 11) is 0. The van der Waals surface area contributed by atoms with Gasteiger partial charge in [-0.1, -0.05) is 71.2 Å². The van der Waals surface area contributed by atoms with Gasteiger partial charge in [0.05, 0.1) is 16.6 Å². The molecule has 0 unspecified atom stereocenters. The van der Waals surface area contributed by atoms with Gasteiger partial charge in [0.2, 0.25) is 0 Å². The van der Waals surface area contributed by atoms with E-state index in [1.807, 2.05) is 42.5 Å². The number of fused-ring (bicyclic) bond motifs is 1. The third kappa shape index (κ3) is 4.87. The largest absolute Gasteiger partial charge is 0.340 e. The molecule has 5 nitrogen and oxygen atoms in total. The van der Waals surface area contributed by atoms with Gasteiger partial charge in [-0.25, -0.2) is 0 Å². The van der Waals surface area contributed by atoms with Crippen LogP contribution in [0.15, 0.2) is 72.9 Å². The van der Waals surface area contributed by atoms with E-state index < -0.39 is 0 Å². The summed E-state index contributed by atoms with van der Waals surface area (Å²) in [6, 6.07) is 21.5. The Morgan fingerprint density at radius 3 is 2.39 bits per heavy atom. The molecule has 36 heavy (non-hydrogen) atoms. The molecule has 5 rings (SSSR count). The van der Waals surface area contributed by atoms with Crippen molar-refractivity contribution in [2.45, 2.75) is 26.9 Å². The van der Waals surface area contributed by atoms with Crippen LogP contribution >= 0.6 is 34.8 Å². The minimum atomic E-state index is -0.272. The fourth-order valence-corrected chi connectivity index (χ4v) is 4.85. The lowest BCUT2D eigenvalue weighted by Crippen LogP contribution is -2.13. The first kappa shape index (κ1) is 24.4. The summed E-state index contributed by atoms with van der Waals surface area (Å²) >= 11 is 18.5. The quantitative estimate of drug-likeness (QED) is 0.241. The fourth-order valence-electron chi connectivity index (χ4n) is 4.33. The van der Waals surface area contributed by atoms with Crippen LogP contribution in [0.4, 0.5) is 5.82 Å². The Morgan fingerprint density at radius 2 is 1.64 bits per heavy atom. The van der Waals surface area contributed by atoms with E-state index in [0.29, 0.717) is 33.0 Å². The summed E-state index contributed by atoms with van der Waals surface area (Å²) in [4.78, 5) is 13.1. The maximum Gasteiger partial charge on any atom is 0.256 e. The van der Waals surface area contributed by atoms with Crippen LogP contribution in [-0.2, 0) is 13.1 Å². The van der Waals surface area contributed by atoms with Crippen molar-refractivity contribution in [3.8, 4) is 0 Å². The van der Waals surface area contributed by atoms with E-state index in [-0.39, 0.29) is 5.91 Å². The fraction of sp³-hybridized carbons (Fsp3) is 0.143. The smallest absolute Gasteiger partial charge is 0.256 e. The number of amides is 1. The zero-order valence-corrected chi connectivity index (χ0v) is 22.0. The van der Waals surface area contributed by atoms with Gasteiger partial charge < -0.3 is 9.88 Å². The summed E-state index contributed by atoms with van der Waals surface area (Å²) in [5.41, 5.74) is 6.10. The minimum Gasteiger partial charge on any atom is -0.340 e. The van der Waals surface area contributed by atoms with E-state index >= 15 is 0 Å². The summed E-state index contributed by atoms with van der Waals surface area (Å²) in [6.07, 6.45) is 1.67. The molecule has 3 aromatic carbocycles. The van der Waals surface area contributed by atoms with E-state index in [1.165, 1.54) is 11.3 Å². The maximum atomic E-state index is 13.1. The number of carbonyl (C=O) groups is 1. The first-order valence-corrected chi connectivity index (χ1v) is 12.5. The number of aromatic nitrogens is 3. The van der Waals surface area contributed by atoms with Gasteiger partial charge in [-0.05, 0) is 60.9 Å². The van der Waals surface area contributed by atoms with Gasteiger partial charge in [0, 0.05) is 34.9 Å². The van der Waals surface area contributed by atoms with Crippen molar-refractivity contribution in [2.24, 2.45) is 0 Å². The van der Waals surface area contributed by atoms with Gasteiger partial charge in [0.1, 0.15) is 5.02 Å². The van der Waals surface area contributed by atoms with Crippen LogP contribution in [0.3, 0.4) is 0 Å². The highest BCUT2D eigenvalue weighted by Gasteiger charge is 2.17. The molecule has 8 heteroatoms. The molecule has 0 saturated carbocycles. The highest BCUT2D eigenvalue weighted by molar-refractivity contribution is 6.42. The molecule has 0 saturated heterocycles. The van der Waals surface area contributed by atoms with Crippen molar-refractivity contribution in [1.82, 2.24) is 14.3 Å². The van der Waals surface area contributed by atoms with Crippen LogP contribution in [-0.4, -0.2) is 20.3 Å².